The number of fused-ring (bicyclic) bond motifs is 1. The van der Waals surface area contributed by atoms with Crippen LogP contribution in [0.5, 0.6) is 0 Å². The van der Waals surface area contributed by atoms with E-state index in [0.29, 0.717) is 11.6 Å². The maximum absolute atomic E-state index is 14.3. The van der Waals surface area contributed by atoms with Crippen LogP contribution in [0.25, 0.3) is 0 Å². The SMILES string of the molecule is CCCCCC1c2ccccc2N(c2ccc(F)cc2F)C1I. The maximum Gasteiger partial charge on any atom is 0.149 e. The Morgan fingerprint density at radius 1 is 1.04 bits per heavy atom. The average molecular weight is 427 g/mol. The molecule has 2 aromatic rings. The summed E-state index contributed by atoms with van der Waals surface area (Å²) in [6.07, 6.45) is 4.68. The van der Waals surface area contributed by atoms with Gasteiger partial charge in [-0.2, -0.15) is 0 Å². The van der Waals surface area contributed by atoms with Crippen molar-refractivity contribution in [3.8, 4) is 0 Å². The Morgan fingerprint density at radius 2 is 1.83 bits per heavy atom. The molecule has 0 bridgehead atoms. The van der Waals surface area contributed by atoms with Crippen molar-refractivity contribution in [1.29, 1.82) is 0 Å². The summed E-state index contributed by atoms with van der Waals surface area (Å²) < 4.78 is 27.7. The van der Waals surface area contributed by atoms with Crippen LogP contribution in [0.2, 0.25) is 0 Å². The number of alkyl halides is 1. The van der Waals surface area contributed by atoms with E-state index in [1.807, 2.05) is 23.1 Å². The Labute approximate surface area is 149 Å². The molecule has 4 heteroatoms. The van der Waals surface area contributed by atoms with Crippen LogP contribution in [0.15, 0.2) is 42.5 Å². The number of rotatable bonds is 5. The Bertz CT molecular complexity index is 689. The summed E-state index contributed by atoms with van der Waals surface area (Å²) in [5.74, 6) is -0.665. The summed E-state index contributed by atoms with van der Waals surface area (Å²) in [4.78, 5) is 2.02. The zero-order chi connectivity index (χ0) is 16.4. The van der Waals surface area contributed by atoms with Crippen molar-refractivity contribution in [2.75, 3.05) is 4.90 Å². The fourth-order valence-electron chi connectivity index (χ4n) is 3.33. The third-order valence-electron chi connectivity index (χ3n) is 4.46. The number of nitrogens with zero attached hydrogens (tertiary/aromatic N) is 1. The van der Waals surface area contributed by atoms with Crippen LogP contribution in [0.4, 0.5) is 20.2 Å². The van der Waals surface area contributed by atoms with E-state index in [1.54, 1.807) is 6.07 Å². The molecule has 0 amide bonds. The molecule has 1 aliphatic rings. The molecule has 23 heavy (non-hydrogen) atoms. The zero-order valence-corrected chi connectivity index (χ0v) is 15.3. The van der Waals surface area contributed by atoms with Gasteiger partial charge in [0, 0.05) is 17.7 Å². The van der Waals surface area contributed by atoms with E-state index in [1.165, 1.54) is 30.9 Å². The number of hydrogen-bond donors (Lipinski definition) is 0. The summed E-state index contributed by atoms with van der Waals surface area (Å²) in [5.41, 5.74) is 2.77. The standard InChI is InChI=1S/C19H20F2IN/c1-2-3-4-8-15-14-7-5-6-9-17(14)23(19(15)22)18-11-10-13(20)12-16(18)21/h5-7,9-12,15,19H,2-4,8H2,1H3. The van der Waals surface area contributed by atoms with Gasteiger partial charge in [0.1, 0.15) is 11.6 Å². The molecule has 0 saturated heterocycles. The van der Waals surface area contributed by atoms with Gasteiger partial charge in [-0.05, 0) is 30.2 Å². The fourth-order valence-corrected chi connectivity index (χ4v) is 4.68. The molecule has 0 aromatic heterocycles. The van der Waals surface area contributed by atoms with E-state index in [4.69, 9.17) is 0 Å². The highest BCUT2D eigenvalue weighted by atomic mass is 127. The Balaban J connectivity index is 1.98. The molecule has 0 N–H and O–H groups in total. The largest absolute Gasteiger partial charge is 0.326 e. The van der Waals surface area contributed by atoms with E-state index in [9.17, 15) is 8.78 Å². The van der Waals surface area contributed by atoms with Gasteiger partial charge in [0.2, 0.25) is 0 Å². The predicted molar refractivity (Wildman–Crippen MR) is 99.6 cm³/mol. The lowest BCUT2D eigenvalue weighted by molar-refractivity contribution is 0.567. The molecular weight excluding hydrogens is 407 g/mol. The van der Waals surface area contributed by atoms with E-state index in [-0.39, 0.29) is 4.05 Å². The van der Waals surface area contributed by atoms with E-state index in [2.05, 4.69) is 35.6 Å². The van der Waals surface area contributed by atoms with Gasteiger partial charge in [-0.1, -0.05) is 67.0 Å². The summed E-state index contributed by atoms with van der Waals surface area (Å²) in [6.45, 7) is 2.20. The monoisotopic (exact) mass is 427 g/mol. The van der Waals surface area contributed by atoms with Gasteiger partial charge in [-0.3, -0.25) is 0 Å². The Morgan fingerprint density at radius 3 is 2.57 bits per heavy atom. The van der Waals surface area contributed by atoms with Crippen LogP contribution in [0.1, 0.15) is 44.1 Å². The minimum atomic E-state index is -0.539. The third kappa shape index (κ3) is 3.23. The quantitative estimate of drug-likeness (QED) is 0.227. The van der Waals surface area contributed by atoms with Crippen molar-refractivity contribution >= 4 is 34.0 Å². The number of para-hydroxylation sites is 1. The highest BCUT2D eigenvalue weighted by Gasteiger charge is 2.37. The summed E-state index contributed by atoms with van der Waals surface area (Å²) >= 11 is 2.40. The van der Waals surface area contributed by atoms with Crippen molar-refractivity contribution in [1.82, 2.24) is 0 Å². The first-order valence-electron chi connectivity index (χ1n) is 8.10. The molecular formula is C19H20F2IN. The highest BCUT2D eigenvalue weighted by molar-refractivity contribution is 14.1. The first-order chi connectivity index (χ1) is 11.1. The van der Waals surface area contributed by atoms with Gasteiger partial charge in [0.25, 0.3) is 0 Å². The topological polar surface area (TPSA) is 3.24 Å². The minimum Gasteiger partial charge on any atom is -0.326 e. The predicted octanol–water partition coefficient (Wildman–Crippen LogP) is 6.54. The lowest BCUT2D eigenvalue weighted by atomic mass is 9.95. The van der Waals surface area contributed by atoms with Gasteiger partial charge in [-0.25, -0.2) is 8.78 Å². The summed E-state index contributed by atoms with van der Waals surface area (Å²) in [7, 11) is 0. The van der Waals surface area contributed by atoms with Crippen molar-refractivity contribution in [2.24, 2.45) is 0 Å². The molecule has 0 fully saturated rings. The third-order valence-corrected chi connectivity index (χ3v) is 5.89. The van der Waals surface area contributed by atoms with Gasteiger partial charge >= 0.3 is 0 Å². The molecule has 122 valence electrons. The van der Waals surface area contributed by atoms with Crippen LogP contribution in [0, 0.1) is 11.6 Å². The molecule has 2 unspecified atom stereocenters. The number of anilines is 2. The first-order valence-corrected chi connectivity index (χ1v) is 9.35. The van der Waals surface area contributed by atoms with Gasteiger partial charge in [0.15, 0.2) is 0 Å². The highest BCUT2D eigenvalue weighted by Crippen LogP contribution is 2.50. The van der Waals surface area contributed by atoms with Gasteiger partial charge in [0.05, 0.1) is 9.74 Å². The maximum atomic E-state index is 14.3. The molecule has 3 rings (SSSR count). The molecule has 1 aliphatic heterocycles. The van der Waals surface area contributed by atoms with Crippen LogP contribution in [-0.4, -0.2) is 4.05 Å². The number of halogens is 3. The fraction of sp³-hybridized carbons (Fsp3) is 0.368. The normalized spacial score (nSPS) is 19.9. The van der Waals surface area contributed by atoms with Crippen molar-refractivity contribution in [3.05, 3.63) is 59.7 Å². The smallest absolute Gasteiger partial charge is 0.149 e. The second-order valence-electron chi connectivity index (χ2n) is 6.00. The molecule has 0 spiro atoms. The first kappa shape index (κ1) is 16.7. The summed E-state index contributed by atoms with van der Waals surface area (Å²) in [5, 5.41) is 0. The number of unbranched alkanes of at least 4 members (excludes halogenated alkanes) is 2. The molecule has 2 aromatic carbocycles. The Hall–Kier alpha value is -1.17. The number of hydrogen-bond acceptors (Lipinski definition) is 1. The van der Waals surface area contributed by atoms with Gasteiger partial charge in [-0.15, -0.1) is 0 Å². The minimum absolute atomic E-state index is 0.141. The zero-order valence-electron chi connectivity index (χ0n) is 13.1. The van der Waals surface area contributed by atoms with Crippen LogP contribution in [0.3, 0.4) is 0 Å². The van der Waals surface area contributed by atoms with Crippen LogP contribution < -0.4 is 4.90 Å². The second kappa shape index (κ2) is 7.16. The Kier molecular flexibility index (Phi) is 5.19. The summed E-state index contributed by atoms with van der Waals surface area (Å²) in [6, 6.07) is 12.0. The molecule has 0 radical (unpaired) electrons. The van der Waals surface area contributed by atoms with E-state index in [0.717, 1.165) is 18.2 Å². The lowest BCUT2D eigenvalue weighted by Gasteiger charge is -2.26. The average Bonchev–Trinajstić information content (AvgIpc) is 2.81. The van der Waals surface area contributed by atoms with Crippen molar-refractivity contribution in [3.63, 3.8) is 0 Å². The van der Waals surface area contributed by atoms with Crippen molar-refractivity contribution < 1.29 is 8.78 Å². The molecule has 0 saturated carbocycles. The second-order valence-corrected chi connectivity index (χ2v) is 7.28. The molecule has 2 atom stereocenters. The number of benzene rings is 2. The van der Waals surface area contributed by atoms with Crippen LogP contribution >= 0.6 is 22.6 Å². The molecule has 1 heterocycles. The molecule has 0 aliphatic carbocycles. The molecule has 1 nitrogen and oxygen atoms in total. The lowest BCUT2D eigenvalue weighted by Crippen LogP contribution is -2.25. The van der Waals surface area contributed by atoms with Crippen molar-refractivity contribution in [2.45, 2.75) is 42.6 Å². The van der Waals surface area contributed by atoms with Crippen LogP contribution in [-0.2, 0) is 0 Å². The van der Waals surface area contributed by atoms with E-state index < -0.39 is 11.6 Å². The van der Waals surface area contributed by atoms with Gasteiger partial charge < -0.3 is 4.90 Å². The van der Waals surface area contributed by atoms with E-state index >= 15 is 0 Å².